The molecule has 0 aromatic carbocycles. The van der Waals surface area contributed by atoms with Crippen LogP contribution in [0.25, 0.3) is 0 Å². The van der Waals surface area contributed by atoms with Crippen molar-refractivity contribution in [3.05, 3.63) is 0 Å². The molecule has 124 valence electrons. The molecule has 3 atom stereocenters. The molecule has 0 bridgehead atoms. The zero-order chi connectivity index (χ0) is 15.1. The first-order chi connectivity index (χ1) is 10.3. The van der Waals surface area contributed by atoms with Crippen LogP contribution in [0.2, 0.25) is 0 Å². The minimum Gasteiger partial charge on any atom is -0.378 e. The summed E-state index contributed by atoms with van der Waals surface area (Å²) >= 11 is 0. The van der Waals surface area contributed by atoms with Gasteiger partial charge in [-0.25, -0.2) is 0 Å². The summed E-state index contributed by atoms with van der Waals surface area (Å²) in [6.07, 6.45) is 9.93. The Bertz CT molecular complexity index is 276. The summed E-state index contributed by atoms with van der Waals surface area (Å²) in [6.45, 7) is 11.1. The van der Waals surface area contributed by atoms with Crippen LogP contribution in [-0.4, -0.2) is 49.3 Å². The van der Waals surface area contributed by atoms with E-state index in [4.69, 9.17) is 4.74 Å². The van der Waals surface area contributed by atoms with Crippen LogP contribution in [0.15, 0.2) is 0 Å². The first kappa shape index (κ1) is 17.2. The maximum absolute atomic E-state index is 5.81. The van der Waals surface area contributed by atoms with Gasteiger partial charge in [-0.3, -0.25) is 4.90 Å². The molecule has 0 aromatic rings. The SMILES string of the molecule is CCCC1CCC(NCC)C(N2CCC(OCC)CC2)C1. The third-order valence-corrected chi connectivity index (χ3v) is 5.44. The maximum Gasteiger partial charge on any atom is 0.0599 e. The van der Waals surface area contributed by atoms with Crippen LogP contribution >= 0.6 is 0 Å². The number of hydrogen-bond acceptors (Lipinski definition) is 3. The quantitative estimate of drug-likeness (QED) is 0.779. The number of piperidine rings is 1. The third kappa shape index (κ3) is 4.94. The molecular formula is C18H36N2O. The first-order valence-corrected chi connectivity index (χ1v) is 9.37. The van der Waals surface area contributed by atoms with Crippen LogP contribution in [0.3, 0.4) is 0 Å². The van der Waals surface area contributed by atoms with Crippen LogP contribution in [0.1, 0.15) is 65.7 Å². The van der Waals surface area contributed by atoms with Crippen LogP contribution in [0, 0.1) is 5.92 Å². The van der Waals surface area contributed by atoms with Gasteiger partial charge in [0.2, 0.25) is 0 Å². The van der Waals surface area contributed by atoms with Crippen LogP contribution in [0.5, 0.6) is 0 Å². The smallest absolute Gasteiger partial charge is 0.0599 e. The fourth-order valence-corrected chi connectivity index (χ4v) is 4.42. The summed E-state index contributed by atoms with van der Waals surface area (Å²) in [5.74, 6) is 0.958. The largest absolute Gasteiger partial charge is 0.378 e. The van der Waals surface area contributed by atoms with Crippen molar-refractivity contribution < 1.29 is 4.74 Å². The Labute approximate surface area is 131 Å². The second-order valence-corrected chi connectivity index (χ2v) is 6.89. The highest BCUT2D eigenvalue weighted by molar-refractivity contribution is 4.92. The van der Waals surface area contributed by atoms with Gasteiger partial charge in [-0.1, -0.05) is 26.7 Å². The lowest BCUT2D eigenvalue weighted by Gasteiger charge is -2.45. The van der Waals surface area contributed by atoms with Crippen LogP contribution in [-0.2, 0) is 4.74 Å². The molecule has 0 aromatic heterocycles. The molecule has 1 N–H and O–H groups in total. The van der Waals surface area contributed by atoms with Crippen molar-refractivity contribution in [3.63, 3.8) is 0 Å². The second-order valence-electron chi connectivity index (χ2n) is 6.89. The summed E-state index contributed by atoms with van der Waals surface area (Å²) in [5, 5.41) is 3.76. The lowest BCUT2D eigenvalue weighted by molar-refractivity contribution is -0.00992. The third-order valence-electron chi connectivity index (χ3n) is 5.44. The van der Waals surface area contributed by atoms with E-state index >= 15 is 0 Å². The van der Waals surface area contributed by atoms with Gasteiger partial charge in [0.1, 0.15) is 0 Å². The highest BCUT2D eigenvalue weighted by Crippen LogP contribution is 2.32. The molecule has 1 saturated heterocycles. The second kappa shape index (κ2) is 9.12. The van der Waals surface area contributed by atoms with Gasteiger partial charge in [0.25, 0.3) is 0 Å². The van der Waals surface area contributed by atoms with Gasteiger partial charge in [-0.05, 0) is 51.5 Å². The minimum atomic E-state index is 0.513. The van der Waals surface area contributed by atoms with E-state index in [9.17, 15) is 0 Å². The fraction of sp³-hybridized carbons (Fsp3) is 1.00. The van der Waals surface area contributed by atoms with Gasteiger partial charge >= 0.3 is 0 Å². The normalized spacial score (nSPS) is 32.4. The van der Waals surface area contributed by atoms with E-state index in [2.05, 4.69) is 31.0 Å². The molecule has 3 unspecified atom stereocenters. The highest BCUT2D eigenvalue weighted by Gasteiger charge is 2.35. The summed E-state index contributed by atoms with van der Waals surface area (Å²) in [6, 6.07) is 1.48. The van der Waals surface area contributed by atoms with Crippen molar-refractivity contribution in [1.82, 2.24) is 10.2 Å². The summed E-state index contributed by atoms with van der Waals surface area (Å²) < 4.78 is 5.81. The molecule has 1 aliphatic carbocycles. The van der Waals surface area contributed by atoms with E-state index in [1.54, 1.807) is 0 Å². The van der Waals surface area contributed by atoms with Crippen molar-refractivity contribution in [1.29, 1.82) is 0 Å². The molecular weight excluding hydrogens is 260 g/mol. The average Bonchev–Trinajstić information content (AvgIpc) is 2.50. The Morgan fingerprint density at radius 3 is 2.43 bits per heavy atom. The van der Waals surface area contributed by atoms with E-state index in [-0.39, 0.29) is 0 Å². The van der Waals surface area contributed by atoms with E-state index in [1.807, 2.05) is 0 Å². The molecule has 1 heterocycles. The predicted octanol–water partition coefficient (Wildman–Crippen LogP) is 3.43. The molecule has 1 saturated carbocycles. The number of likely N-dealkylation sites (N-methyl/N-ethyl adjacent to an activating group) is 1. The molecule has 21 heavy (non-hydrogen) atoms. The van der Waals surface area contributed by atoms with Gasteiger partial charge in [-0.15, -0.1) is 0 Å². The van der Waals surface area contributed by atoms with E-state index < -0.39 is 0 Å². The number of ether oxygens (including phenoxy) is 1. The number of rotatable bonds is 7. The molecule has 0 amide bonds. The lowest BCUT2D eigenvalue weighted by atomic mass is 9.79. The molecule has 3 heteroatoms. The van der Waals surface area contributed by atoms with Crippen molar-refractivity contribution in [2.75, 3.05) is 26.2 Å². The zero-order valence-corrected chi connectivity index (χ0v) is 14.4. The van der Waals surface area contributed by atoms with Gasteiger partial charge in [0.15, 0.2) is 0 Å². The molecule has 0 spiro atoms. The number of hydrogen-bond donors (Lipinski definition) is 1. The maximum atomic E-state index is 5.81. The van der Waals surface area contributed by atoms with Crippen LogP contribution in [0.4, 0.5) is 0 Å². The Balaban J connectivity index is 1.89. The first-order valence-electron chi connectivity index (χ1n) is 9.37. The Morgan fingerprint density at radius 2 is 1.81 bits per heavy atom. The molecule has 2 fully saturated rings. The molecule has 1 aliphatic heterocycles. The Hall–Kier alpha value is -0.120. The van der Waals surface area contributed by atoms with E-state index in [0.717, 1.165) is 25.1 Å². The van der Waals surface area contributed by atoms with Crippen molar-refractivity contribution in [3.8, 4) is 0 Å². The summed E-state index contributed by atoms with van der Waals surface area (Å²) in [4.78, 5) is 2.77. The molecule has 2 rings (SSSR count). The highest BCUT2D eigenvalue weighted by atomic mass is 16.5. The number of likely N-dealkylation sites (tertiary alicyclic amines) is 1. The average molecular weight is 296 g/mol. The molecule has 2 aliphatic rings. The monoisotopic (exact) mass is 296 g/mol. The number of nitrogens with one attached hydrogen (secondary N) is 1. The standard InChI is InChI=1S/C18H36N2O/c1-4-7-15-8-9-17(19-5-2)18(14-15)20-12-10-16(11-13-20)21-6-3/h15-19H,4-14H2,1-3H3. The molecule has 3 nitrogen and oxygen atoms in total. The summed E-state index contributed by atoms with van der Waals surface area (Å²) in [5.41, 5.74) is 0. The van der Waals surface area contributed by atoms with E-state index in [0.29, 0.717) is 12.1 Å². The predicted molar refractivity (Wildman–Crippen MR) is 89.7 cm³/mol. The van der Waals surface area contributed by atoms with Gasteiger partial charge in [0, 0.05) is 31.8 Å². The van der Waals surface area contributed by atoms with E-state index in [1.165, 1.54) is 58.0 Å². The topological polar surface area (TPSA) is 24.5 Å². The zero-order valence-electron chi connectivity index (χ0n) is 14.4. The van der Waals surface area contributed by atoms with Gasteiger partial charge in [-0.2, -0.15) is 0 Å². The number of nitrogens with zero attached hydrogens (tertiary/aromatic N) is 1. The van der Waals surface area contributed by atoms with Crippen LogP contribution < -0.4 is 5.32 Å². The van der Waals surface area contributed by atoms with Gasteiger partial charge < -0.3 is 10.1 Å². The van der Waals surface area contributed by atoms with Crippen molar-refractivity contribution >= 4 is 0 Å². The lowest BCUT2D eigenvalue weighted by Crippen LogP contribution is -2.55. The molecule has 0 radical (unpaired) electrons. The summed E-state index contributed by atoms with van der Waals surface area (Å²) in [7, 11) is 0. The minimum absolute atomic E-state index is 0.513. The Morgan fingerprint density at radius 1 is 1.05 bits per heavy atom. The van der Waals surface area contributed by atoms with Crippen molar-refractivity contribution in [2.24, 2.45) is 5.92 Å². The van der Waals surface area contributed by atoms with Gasteiger partial charge in [0.05, 0.1) is 6.10 Å². The Kier molecular flexibility index (Phi) is 7.48. The van der Waals surface area contributed by atoms with Crippen molar-refractivity contribution in [2.45, 2.75) is 83.9 Å². The fourth-order valence-electron chi connectivity index (χ4n) is 4.42.